The van der Waals surface area contributed by atoms with Crippen LogP contribution in [-0.4, -0.2) is 27.8 Å². The van der Waals surface area contributed by atoms with Crippen molar-refractivity contribution in [2.75, 3.05) is 7.05 Å². The number of nitro benzene ring substituents is 1. The Morgan fingerprint density at radius 2 is 2.10 bits per heavy atom. The van der Waals surface area contributed by atoms with E-state index in [4.69, 9.17) is 0 Å². The largest absolute Gasteiger partial charge is 0.336 e. The van der Waals surface area contributed by atoms with Crippen molar-refractivity contribution < 1.29 is 9.72 Å². The van der Waals surface area contributed by atoms with Gasteiger partial charge in [-0.05, 0) is 34.1 Å². The summed E-state index contributed by atoms with van der Waals surface area (Å²) in [6.07, 6.45) is 1.65. The van der Waals surface area contributed by atoms with Crippen LogP contribution in [0.25, 0.3) is 0 Å². The summed E-state index contributed by atoms with van der Waals surface area (Å²) in [5.41, 5.74) is 0.865. The third-order valence-electron chi connectivity index (χ3n) is 2.88. The van der Waals surface area contributed by atoms with Crippen molar-refractivity contribution in [2.45, 2.75) is 6.54 Å². The summed E-state index contributed by atoms with van der Waals surface area (Å²) in [6, 6.07) is 9.83. The number of amides is 1. The number of carbonyl (C=O) groups excluding carboxylic acids is 1. The Balaban J connectivity index is 2.24. The van der Waals surface area contributed by atoms with E-state index in [1.165, 1.54) is 17.0 Å². The van der Waals surface area contributed by atoms with Crippen molar-refractivity contribution in [1.82, 2.24) is 9.88 Å². The summed E-state index contributed by atoms with van der Waals surface area (Å²) < 4.78 is 0.188. The minimum absolute atomic E-state index is 0.132. The maximum atomic E-state index is 12.4. The molecule has 1 aromatic carbocycles. The van der Waals surface area contributed by atoms with E-state index in [0.29, 0.717) is 6.54 Å². The number of carbonyl (C=O) groups is 1. The summed E-state index contributed by atoms with van der Waals surface area (Å²) in [4.78, 5) is 28.4. The zero-order valence-corrected chi connectivity index (χ0v) is 12.8. The monoisotopic (exact) mass is 349 g/mol. The molecule has 2 rings (SSSR count). The molecule has 1 aromatic heterocycles. The van der Waals surface area contributed by atoms with Gasteiger partial charge in [-0.1, -0.05) is 12.1 Å². The topological polar surface area (TPSA) is 76.3 Å². The molecule has 0 saturated carbocycles. The molecule has 1 amide bonds. The van der Waals surface area contributed by atoms with Gasteiger partial charge in [-0.3, -0.25) is 19.9 Å². The van der Waals surface area contributed by atoms with Crippen LogP contribution in [0.15, 0.2) is 47.1 Å². The molecular weight excluding hydrogens is 338 g/mol. The zero-order valence-electron chi connectivity index (χ0n) is 11.2. The van der Waals surface area contributed by atoms with Crippen molar-refractivity contribution in [2.24, 2.45) is 0 Å². The predicted molar refractivity (Wildman–Crippen MR) is 80.8 cm³/mol. The molecule has 0 aliphatic carbocycles. The van der Waals surface area contributed by atoms with Gasteiger partial charge < -0.3 is 4.90 Å². The van der Waals surface area contributed by atoms with Crippen molar-refractivity contribution in [3.05, 3.63) is 68.4 Å². The van der Waals surface area contributed by atoms with Crippen LogP contribution in [0.5, 0.6) is 0 Å². The summed E-state index contributed by atoms with van der Waals surface area (Å²) in [7, 11) is 1.63. The predicted octanol–water partition coefficient (Wildman–Crippen LogP) is 3.02. The molecule has 21 heavy (non-hydrogen) atoms. The molecule has 0 atom stereocenters. The minimum Gasteiger partial charge on any atom is -0.336 e. The lowest BCUT2D eigenvalue weighted by atomic mass is 10.1. The molecular formula is C14H12BrN3O3. The standard InChI is InChI=1S/C14H12BrN3O3/c1-17(9-10-5-2-3-8-16-10)14(19)11-6-4-7-12(13(11)15)18(20)21/h2-8H,9H2,1H3. The van der Waals surface area contributed by atoms with E-state index >= 15 is 0 Å². The molecule has 1 heterocycles. The highest BCUT2D eigenvalue weighted by Gasteiger charge is 2.21. The number of nitro groups is 1. The quantitative estimate of drug-likeness (QED) is 0.627. The highest BCUT2D eigenvalue weighted by molar-refractivity contribution is 9.10. The fraction of sp³-hybridized carbons (Fsp3) is 0.143. The van der Waals surface area contributed by atoms with E-state index in [2.05, 4.69) is 20.9 Å². The molecule has 0 N–H and O–H groups in total. The van der Waals surface area contributed by atoms with Gasteiger partial charge in [0.1, 0.15) is 4.47 Å². The number of rotatable bonds is 4. The molecule has 0 saturated heterocycles. The fourth-order valence-electron chi connectivity index (χ4n) is 1.84. The van der Waals surface area contributed by atoms with E-state index in [-0.39, 0.29) is 21.6 Å². The zero-order chi connectivity index (χ0) is 15.4. The van der Waals surface area contributed by atoms with Crippen molar-refractivity contribution in [3.63, 3.8) is 0 Å². The lowest BCUT2D eigenvalue weighted by Gasteiger charge is -2.17. The molecule has 0 spiro atoms. The average molecular weight is 350 g/mol. The van der Waals surface area contributed by atoms with Gasteiger partial charge in [0, 0.05) is 19.3 Å². The van der Waals surface area contributed by atoms with E-state index in [0.717, 1.165) is 5.69 Å². The SMILES string of the molecule is CN(Cc1ccccn1)C(=O)c1cccc([N+](=O)[O-])c1Br. The maximum absolute atomic E-state index is 12.4. The van der Waals surface area contributed by atoms with Crippen LogP contribution < -0.4 is 0 Å². The van der Waals surface area contributed by atoms with Crippen molar-refractivity contribution in [3.8, 4) is 0 Å². The van der Waals surface area contributed by atoms with E-state index in [1.54, 1.807) is 25.4 Å². The lowest BCUT2D eigenvalue weighted by molar-refractivity contribution is -0.385. The third-order valence-corrected chi connectivity index (χ3v) is 3.71. The van der Waals surface area contributed by atoms with Gasteiger partial charge in [0.2, 0.25) is 0 Å². The molecule has 0 radical (unpaired) electrons. The Kier molecular flexibility index (Phi) is 4.64. The highest BCUT2D eigenvalue weighted by atomic mass is 79.9. The maximum Gasteiger partial charge on any atom is 0.284 e. The van der Waals surface area contributed by atoms with Crippen LogP contribution in [0, 0.1) is 10.1 Å². The molecule has 6 nitrogen and oxygen atoms in total. The first-order valence-electron chi connectivity index (χ1n) is 6.09. The Bertz CT molecular complexity index is 676. The van der Waals surface area contributed by atoms with Gasteiger partial charge in [-0.25, -0.2) is 0 Å². The molecule has 2 aromatic rings. The lowest BCUT2D eigenvalue weighted by Crippen LogP contribution is -2.27. The number of halogens is 1. The second-order valence-electron chi connectivity index (χ2n) is 4.38. The van der Waals surface area contributed by atoms with Crippen LogP contribution in [-0.2, 0) is 6.54 Å². The summed E-state index contributed by atoms with van der Waals surface area (Å²) in [5, 5.41) is 10.9. The average Bonchev–Trinajstić information content (AvgIpc) is 2.47. The van der Waals surface area contributed by atoms with Gasteiger partial charge in [0.25, 0.3) is 11.6 Å². The second kappa shape index (κ2) is 6.45. The Morgan fingerprint density at radius 1 is 1.33 bits per heavy atom. The molecule has 108 valence electrons. The first-order valence-corrected chi connectivity index (χ1v) is 6.88. The number of hydrogen-bond donors (Lipinski definition) is 0. The van der Waals surface area contributed by atoms with Crippen LogP contribution in [0.2, 0.25) is 0 Å². The van der Waals surface area contributed by atoms with Crippen molar-refractivity contribution >= 4 is 27.5 Å². The van der Waals surface area contributed by atoms with E-state index in [9.17, 15) is 14.9 Å². The highest BCUT2D eigenvalue weighted by Crippen LogP contribution is 2.29. The Labute approximate surface area is 129 Å². The molecule has 0 unspecified atom stereocenters. The number of nitrogens with zero attached hydrogens (tertiary/aromatic N) is 3. The van der Waals surface area contributed by atoms with Crippen LogP contribution in [0.3, 0.4) is 0 Å². The van der Waals surface area contributed by atoms with Crippen molar-refractivity contribution in [1.29, 1.82) is 0 Å². The number of benzene rings is 1. The molecule has 0 aliphatic heterocycles. The summed E-state index contributed by atoms with van der Waals surface area (Å²) in [5.74, 6) is -0.309. The summed E-state index contributed by atoms with van der Waals surface area (Å²) in [6.45, 7) is 0.328. The third kappa shape index (κ3) is 3.43. The number of pyridine rings is 1. The van der Waals surface area contributed by atoms with Gasteiger partial charge in [0.05, 0.1) is 22.7 Å². The number of aromatic nitrogens is 1. The molecule has 7 heteroatoms. The smallest absolute Gasteiger partial charge is 0.284 e. The van der Waals surface area contributed by atoms with E-state index < -0.39 is 4.92 Å². The fourth-order valence-corrected chi connectivity index (χ4v) is 2.42. The van der Waals surface area contributed by atoms with Crippen LogP contribution >= 0.6 is 15.9 Å². The number of hydrogen-bond acceptors (Lipinski definition) is 4. The first kappa shape index (κ1) is 15.1. The summed E-state index contributed by atoms with van der Waals surface area (Å²) >= 11 is 3.13. The second-order valence-corrected chi connectivity index (χ2v) is 5.17. The van der Waals surface area contributed by atoms with Gasteiger partial charge in [0.15, 0.2) is 0 Å². The van der Waals surface area contributed by atoms with Gasteiger partial charge in [-0.15, -0.1) is 0 Å². The normalized spacial score (nSPS) is 10.2. The molecule has 0 fully saturated rings. The van der Waals surface area contributed by atoms with Crippen LogP contribution in [0.1, 0.15) is 16.1 Å². The molecule has 0 bridgehead atoms. The van der Waals surface area contributed by atoms with Crippen LogP contribution in [0.4, 0.5) is 5.69 Å². The Morgan fingerprint density at radius 3 is 2.71 bits per heavy atom. The van der Waals surface area contributed by atoms with Gasteiger partial charge in [-0.2, -0.15) is 0 Å². The molecule has 0 aliphatic rings. The first-order chi connectivity index (χ1) is 10.0. The van der Waals surface area contributed by atoms with Gasteiger partial charge >= 0.3 is 0 Å². The Hall–Kier alpha value is -2.28. The minimum atomic E-state index is -0.528. The van der Waals surface area contributed by atoms with E-state index in [1.807, 2.05) is 12.1 Å².